The predicted octanol–water partition coefficient (Wildman–Crippen LogP) is 4.24. The highest BCUT2D eigenvalue weighted by molar-refractivity contribution is 5.92. The van der Waals surface area contributed by atoms with E-state index in [1.165, 1.54) is 11.1 Å². The van der Waals surface area contributed by atoms with Crippen LogP contribution in [0.15, 0.2) is 36.8 Å². The van der Waals surface area contributed by atoms with E-state index in [-0.39, 0.29) is 16.9 Å². The standard InChI is InChI=1S/C19H22N2O/c1-18(2)9-6-10-19(3,17(18)22)16-14-8-5-4-7-13(14)15-11-20-12-21(15)16/h4-5,7-8,11-12,16H,6,9-10H2,1-3H3. The quantitative estimate of drug-likeness (QED) is 0.788. The molecule has 1 fully saturated rings. The van der Waals surface area contributed by atoms with Crippen LogP contribution in [0.3, 0.4) is 0 Å². The second-order valence-corrected chi connectivity index (χ2v) is 7.66. The molecule has 114 valence electrons. The summed E-state index contributed by atoms with van der Waals surface area (Å²) in [6.45, 7) is 6.36. The van der Waals surface area contributed by atoms with E-state index in [9.17, 15) is 4.79 Å². The Bertz CT molecular complexity index is 758. The number of imidazole rings is 1. The number of nitrogens with zero attached hydrogens (tertiary/aromatic N) is 2. The number of benzene rings is 1. The van der Waals surface area contributed by atoms with Gasteiger partial charge in [-0.1, -0.05) is 51.5 Å². The molecule has 2 aliphatic rings. The van der Waals surface area contributed by atoms with Crippen LogP contribution in [0.25, 0.3) is 11.3 Å². The molecule has 4 rings (SSSR count). The summed E-state index contributed by atoms with van der Waals surface area (Å²) in [5.74, 6) is 0.396. The number of ketones is 1. The lowest BCUT2D eigenvalue weighted by Crippen LogP contribution is -2.47. The fourth-order valence-corrected chi connectivity index (χ4v) is 4.65. The first-order chi connectivity index (χ1) is 10.5. The van der Waals surface area contributed by atoms with E-state index in [1.807, 2.05) is 12.5 Å². The normalized spacial score (nSPS) is 29.2. The fraction of sp³-hybridized carbons (Fsp3) is 0.474. The summed E-state index contributed by atoms with van der Waals surface area (Å²) in [4.78, 5) is 17.6. The maximum Gasteiger partial charge on any atom is 0.146 e. The highest BCUT2D eigenvalue weighted by Crippen LogP contribution is 2.55. The Morgan fingerprint density at radius 3 is 2.77 bits per heavy atom. The van der Waals surface area contributed by atoms with Gasteiger partial charge in [-0.3, -0.25) is 4.79 Å². The van der Waals surface area contributed by atoms with E-state index in [2.05, 4.69) is 54.6 Å². The van der Waals surface area contributed by atoms with Gasteiger partial charge in [-0.05, 0) is 18.4 Å². The van der Waals surface area contributed by atoms with E-state index in [1.54, 1.807) is 0 Å². The first-order valence-corrected chi connectivity index (χ1v) is 8.11. The second kappa shape index (κ2) is 4.31. The number of rotatable bonds is 1. The predicted molar refractivity (Wildman–Crippen MR) is 86.5 cm³/mol. The molecule has 0 spiro atoms. The Kier molecular flexibility index (Phi) is 2.69. The van der Waals surface area contributed by atoms with Crippen molar-refractivity contribution in [1.29, 1.82) is 0 Å². The molecular formula is C19H22N2O. The van der Waals surface area contributed by atoms with E-state index in [0.29, 0.717) is 5.78 Å². The van der Waals surface area contributed by atoms with Crippen molar-refractivity contribution in [3.8, 4) is 11.3 Å². The lowest BCUT2D eigenvalue weighted by molar-refractivity contribution is -0.142. The summed E-state index contributed by atoms with van der Waals surface area (Å²) >= 11 is 0. The van der Waals surface area contributed by atoms with E-state index >= 15 is 0 Å². The van der Waals surface area contributed by atoms with Crippen molar-refractivity contribution in [1.82, 2.24) is 9.55 Å². The summed E-state index contributed by atoms with van der Waals surface area (Å²) in [6.07, 6.45) is 6.86. The molecule has 1 aromatic carbocycles. The molecule has 0 bridgehead atoms. The first-order valence-electron chi connectivity index (χ1n) is 8.11. The molecule has 1 aliphatic heterocycles. The molecule has 2 atom stereocenters. The SMILES string of the molecule is CC1(C)CCCC(C)(C2c3ccccc3-c3cncn32)C1=O. The molecule has 2 aromatic rings. The Morgan fingerprint density at radius 1 is 1.18 bits per heavy atom. The third kappa shape index (κ3) is 1.62. The first kappa shape index (κ1) is 13.7. The summed E-state index contributed by atoms with van der Waals surface area (Å²) < 4.78 is 2.21. The fourth-order valence-electron chi connectivity index (χ4n) is 4.65. The zero-order valence-electron chi connectivity index (χ0n) is 13.5. The monoisotopic (exact) mass is 294 g/mol. The van der Waals surface area contributed by atoms with Crippen molar-refractivity contribution in [3.05, 3.63) is 42.4 Å². The zero-order chi connectivity index (χ0) is 15.5. The number of Topliss-reactive ketones (excluding diaryl/α,β-unsaturated/α-hetero) is 1. The van der Waals surface area contributed by atoms with E-state index in [4.69, 9.17) is 0 Å². The Morgan fingerprint density at radius 2 is 1.95 bits per heavy atom. The van der Waals surface area contributed by atoms with Gasteiger partial charge >= 0.3 is 0 Å². The molecule has 22 heavy (non-hydrogen) atoms. The lowest BCUT2D eigenvalue weighted by Gasteiger charge is -2.45. The Balaban J connectivity index is 1.91. The van der Waals surface area contributed by atoms with Crippen LogP contribution in [0.4, 0.5) is 0 Å². The Labute approximate surface area is 131 Å². The molecule has 1 aromatic heterocycles. The molecule has 3 heteroatoms. The minimum Gasteiger partial charge on any atom is -0.322 e. The summed E-state index contributed by atoms with van der Waals surface area (Å²) in [7, 11) is 0. The van der Waals surface area contributed by atoms with Crippen LogP contribution < -0.4 is 0 Å². The van der Waals surface area contributed by atoms with Gasteiger partial charge in [0.25, 0.3) is 0 Å². The maximum absolute atomic E-state index is 13.3. The topological polar surface area (TPSA) is 34.9 Å². The molecule has 1 saturated carbocycles. The van der Waals surface area contributed by atoms with Gasteiger partial charge in [-0.15, -0.1) is 0 Å². The van der Waals surface area contributed by atoms with Crippen molar-refractivity contribution >= 4 is 5.78 Å². The highest BCUT2D eigenvalue weighted by Gasteiger charge is 2.53. The summed E-state index contributed by atoms with van der Waals surface area (Å²) in [5, 5.41) is 0. The maximum atomic E-state index is 13.3. The highest BCUT2D eigenvalue weighted by atomic mass is 16.1. The molecule has 0 saturated heterocycles. The van der Waals surface area contributed by atoms with Crippen LogP contribution >= 0.6 is 0 Å². The van der Waals surface area contributed by atoms with Gasteiger partial charge in [0.1, 0.15) is 5.78 Å². The molecule has 1 aliphatic carbocycles. The molecule has 0 amide bonds. The number of hydrogen-bond donors (Lipinski definition) is 0. The minimum absolute atomic E-state index is 0.0771. The minimum atomic E-state index is -0.357. The molecule has 2 heterocycles. The van der Waals surface area contributed by atoms with Crippen LogP contribution in [-0.2, 0) is 4.79 Å². The van der Waals surface area contributed by atoms with Crippen LogP contribution in [0, 0.1) is 10.8 Å². The molecule has 2 unspecified atom stereocenters. The van der Waals surface area contributed by atoms with E-state index in [0.717, 1.165) is 25.0 Å². The van der Waals surface area contributed by atoms with Gasteiger partial charge in [-0.2, -0.15) is 0 Å². The van der Waals surface area contributed by atoms with Crippen molar-refractivity contribution in [2.45, 2.75) is 46.1 Å². The van der Waals surface area contributed by atoms with Gasteiger partial charge in [0.2, 0.25) is 0 Å². The number of carbonyl (C=O) groups excluding carboxylic acids is 1. The average molecular weight is 294 g/mol. The number of fused-ring (bicyclic) bond motifs is 3. The number of aromatic nitrogens is 2. The molecule has 0 N–H and O–H groups in total. The van der Waals surface area contributed by atoms with Gasteiger partial charge in [0.05, 0.1) is 29.7 Å². The average Bonchev–Trinajstić information content (AvgIpc) is 3.04. The van der Waals surface area contributed by atoms with Gasteiger partial charge < -0.3 is 4.57 Å². The van der Waals surface area contributed by atoms with Gasteiger partial charge in [0.15, 0.2) is 0 Å². The zero-order valence-corrected chi connectivity index (χ0v) is 13.5. The third-order valence-corrected chi connectivity index (χ3v) is 5.71. The van der Waals surface area contributed by atoms with Crippen LogP contribution in [0.5, 0.6) is 0 Å². The number of hydrogen-bond acceptors (Lipinski definition) is 2. The third-order valence-electron chi connectivity index (χ3n) is 5.71. The van der Waals surface area contributed by atoms with Crippen molar-refractivity contribution in [2.75, 3.05) is 0 Å². The largest absolute Gasteiger partial charge is 0.322 e. The summed E-state index contributed by atoms with van der Waals surface area (Å²) in [6, 6.07) is 8.53. The van der Waals surface area contributed by atoms with Crippen molar-refractivity contribution in [3.63, 3.8) is 0 Å². The van der Waals surface area contributed by atoms with Crippen LogP contribution in [0.2, 0.25) is 0 Å². The lowest BCUT2D eigenvalue weighted by atomic mass is 9.59. The smallest absolute Gasteiger partial charge is 0.146 e. The molecular weight excluding hydrogens is 272 g/mol. The van der Waals surface area contributed by atoms with Crippen LogP contribution in [0.1, 0.15) is 51.6 Å². The van der Waals surface area contributed by atoms with Crippen molar-refractivity contribution < 1.29 is 4.79 Å². The molecule has 3 nitrogen and oxygen atoms in total. The van der Waals surface area contributed by atoms with Crippen LogP contribution in [-0.4, -0.2) is 15.3 Å². The second-order valence-electron chi connectivity index (χ2n) is 7.66. The van der Waals surface area contributed by atoms with Crippen molar-refractivity contribution in [2.24, 2.45) is 10.8 Å². The Hall–Kier alpha value is -1.90. The molecule has 0 radical (unpaired) electrons. The summed E-state index contributed by atoms with van der Waals surface area (Å²) in [5.41, 5.74) is 3.04. The van der Waals surface area contributed by atoms with Gasteiger partial charge in [-0.25, -0.2) is 4.98 Å². The number of carbonyl (C=O) groups is 1. The van der Waals surface area contributed by atoms with E-state index < -0.39 is 0 Å². The van der Waals surface area contributed by atoms with Gasteiger partial charge in [0, 0.05) is 11.0 Å².